The lowest BCUT2D eigenvalue weighted by Crippen LogP contribution is -2.38. The fourth-order valence-electron chi connectivity index (χ4n) is 3.62. The van der Waals surface area contributed by atoms with Crippen molar-refractivity contribution in [3.63, 3.8) is 0 Å². The number of nitrogens with one attached hydrogen (secondary N) is 1. The Morgan fingerprint density at radius 3 is 2.76 bits per heavy atom. The van der Waals surface area contributed by atoms with E-state index in [2.05, 4.69) is 50.6 Å². The molecule has 0 aromatic heterocycles. The van der Waals surface area contributed by atoms with Crippen LogP contribution in [0.5, 0.6) is 0 Å². The summed E-state index contributed by atoms with van der Waals surface area (Å²) in [5, 5.41) is 3.50. The van der Waals surface area contributed by atoms with Crippen molar-refractivity contribution in [2.45, 2.75) is 30.7 Å². The molecule has 1 aromatic carbocycles. The van der Waals surface area contributed by atoms with E-state index in [9.17, 15) is 0 Å². The molecule has 5 heteroatoms. The van der Waals surface area contributed by atoms with E-state index in [1.165, 1.54) is 60.4 Å². The highest BCUT2D eigenvalue weighted by Gasteiger charge is 2.38. The van der Waals surface area contributed by atoms with Gasteiger partial charge in [0.25, 0.3) is 0 Å². The number of piperidine rings is 1. The van der Waals surface area contributed by atoms with E-state index in [0.717, 1.165) is 6.54 Å². The Hall–Kier alpha value is 0.260. The van der Waals surface area contributed by atoms with Gasteiger partial charge in [-0.3, -0.25) is 4.90 Å². The third-order valence-corrected chi connectivity index (χ3v) is 6.14. The quantitative estimate of drug-likeness (QED) is 0.779. The molecule has 0 atom stereocenters. The predicted octanol–water partition coefficient (Wildman–Crippen LogP) is 4.17. The number of nitrogens with zero attached hydrogens (tertiary/aromatic N) is 1. The first-order valence-electron chi connectivity index (χ1n) is 7.46. The summed E-state index contributed by atoms with van der Waals surface area (Å²) in [6.07, 6.45) is 6.28. The Labute approximate surface area is 147 Å². The Balaban J connectivity index is 0.00000161. The molecule has 118 valence electrons. The molecule has 2 aliphatic heterocycles. The molecule has 0 amide bonds. The summed E-state index contributed by atoms with van der Waals surface area (Å²) in [6, 6.07) is 6.70. The maximum Gasteiger partial charge on any atom is 0.0245 e. The molecule has 2 nitrogen and oxygen atoms in total. The molecule has 0 radical (unpaired) electrons. The molecule has 1 spiro atoms. The standard InChI is InChI=1S/C16H23BrN2S.ClH/c1-20-15-10-14(17)3-2-13(15)11-19-9-6-16(12-19)4-7-18-8-5-16;/h2-3,10,18H,4-9,11-12H2,1H3;1H. The van der Waals surface area contributed by atoms with Crippen molar-refractivity contribution < 1.29 is 0 Å². The Morgan fingerprint density at radius 1 is 1.29 bits per heavy atom. The molecule has 0 bridgehead atoms. The van der Waals surface area contributed by atoms with E-state index < -0.39 is 0 Å². The van der Waals surface area contributed by atoms with Gasteiger partial charge in [0.1, 0.15) is 0 Å². The lowest BCUT2D eigenvalue weighted by atomic mass is 9.78. The highest BCUT2D eigenvalue weighted by atomic mass is 79.9. The smallest absolute Gasteiger partial charge is 0.0245 e. The normalized spacial score (nSPS) is 21.4. The first-order chi connectivity index (χ1) is 9.71. The van der Waals surface area contributed by atoms with Crippen LogP contribution in [0.3, 0.4) is 0 Å². The number of hydrogen-bond acceptors (Lipinski definition) is 3. The molecular formula is C16H24BrClN2S. The van der Waals surface area contributed by atoms with E-state index in [-0.39, 0.29) is 12.4 Å². The maximum atomic E-state index is 3.57. The zero-order valence-corrected chi connectivity index (χ0v) is 15.7. The molecule has 1 N–H and O–H groups in total. The Kier molecular flexibility index (Phi) is 6.45. The van der Waals surface area contributed by atoms with Crippen LogP contribution in [0.2, 0.25) is 0 Å². The molecule has 2 heterocycles. The average molecular weight is 392 g/mol. The van der Waals surface area contributed by atoms with Crippen molar-refractivity contribution in [1.82, 2.24) is 10.2 Å². The number of thioether (sulfide) groups is 1. The summed E-state index contributed by atoms with van der Waals surface area (Å²) in [4.78, 5) is 4.07. The highest BCUT2D eigenvalue weighted by Crippen LogP contribution is 2.39. The second kappa shape index (κ2) is 7.69. The second-order valence-electron chi connectivity index (χ2n) is 6.17. The van der Waals surface area contributed by atoms with Crippen LogP contribution in [0, 0.1) is 5.41 Å². The third kappa shape index (κ3) is 4.17. The van der Waals surface area contributed by atoms with Crippen molar-refractivity contribution in [3.05, 3.63) is 28.2 Å². The van der Waals surface area contributed by atoms with Crippen LogP contribution in [-0.4, -0.2) is 37.3 Å². The van der Waals surface area contributed by atoms with E-state index in [4.69, 9.17) is 0 Å². The van der Waals surface area contributed by atoms with Gasteiger partial charge in [0.2, 0.25) is 0 Å². The molecular weight excluding hydrogens is 368 g/mol. The fourth-order valence-corrected chi connectivity index (χ4v) is 4.77. The fraction of sp³-hybridized carbons (Fsp3) is 0.625. The molecule has 0 saturated carbocycles. The van der Waals surface area contributed by atoms with Gasteiger partial charge < -0.3 is 5.32 Å². The summed E-state index contributed by atoms with van der Waals surface area (Å²) in [6.45, 7) is 6.09. The molecule has 0 aliphatic carbocycles. The van der Waals surface area contributed by atoms with Crippen molar-refractivity contribution in [2.75, 3.05) is 32.4 Å². The molecule has 1 aromatic rings. The van der Waals surface area contributed by atoms with Crippen LogP contribution >= 0.6 is 40.1 Å². The lowest BCUT2D eigenvalue weighted by molar-refractivity contribution is 0.193. The van der Waals surface area contributed by atoms with Crippen LogP contribution in [0.1, 0.15) is 24.8 Å². The topological polar surface area (TPSA) is 15.3 Å². The number of hydrogen-bond donors (Lipinski definition) is 1. The zero-order chi connectivity index (χ0) is 14.0. The second-order valence-corrected chi connectivity index (χ2v) is 7.93. The predicted molar refractivity (Wildman–Crippen MR) is 97.6 cm³/mol. The summed E-state index contributed by atoms with van der Waals surface area (Å²) >= 11 is 5.43. The van der Waals surface area contributed by atoms with Gasteiger partial charge in [0.15, 0.2) is 0 Å². The summed E-state index contributed by atoms with van der Waals surface area (Å²) in [7, 11) is 0. The van der Waals surface area contributed by atoms with E-state index >= 15 is 0 Å². The molecule has 3 rings (SSSR count). The number of likely N-dealkylation sites (tertiary alicyclic amines) is 1. The third-order valence-electron chi connectivity index (χ3n) is 4.82. The van der Waals surface area contributed by atoms with Crippen molar-refractivity contribution >= 4 is 40.1 Å². The minimum atomic E-state index is 0. The van der Waals surface area contributed by atoms with Crippen LogP contribution < -0.4 is 5.32 Å². The van der Waals surface area contributed by atoms with Gasteiger partial charge in [-0.1, -0.05) is 22.0 Å². The van der Waals surface area contributed by atoms with Crippen molar-refractivity contribution in [3.8, 4) is 0 Å². The van der Waals surface area contributed by atoms with Crippen LogP contribution in [0.25, 0.3) is 0 Å². The SMILES string of the molecule is CSc1cc(Br)ccc1CN1CCC2(CCNCC2)C1.Cl. The van der Waals surface area contributed by atoms with E-state index in [1.807, 2.05) is 11.8 Å². The minimum Gasteiger partial charge on any atom is -0.317 e. The van der Waals surface area contributed by atoms with Crippen LogP contribution in [-0.2, 0) is 6.54 Å². The number of benzene rings is 1. The number of halogens is 2. The Bertz CT molecular complexity index is 477. The minimum absolute atomic E-state index is 0. The first-order valence-corrected chi connectivity index (χ1v) is 9.48. The van der Waals surface area contributed by atoms with Crippen molar-refractivity contribution in [2.24, 2.45) is 5.41 Å². The van der Waals surface area contributed by atoms with Gasteiger partial charge in [0, 0.05) is 22.5 Å². The highest BCUT2D eigenvalue weighted by molar-refractivity contribution is 9.10. The van der Waals surface area contributed by atoms with Gasteiger partial charge in [-0.25, -0.2) is 0 Å². The molecule has 2 fully saturated rings. The van der Waals surface area contributed by atoms with Gasteiger partial charge in [-0.05, 0) is 68.3 Å². The zero-order valence-electron chi connectivity index (χ0n) is 12.5. The van der Waals surface area contributed by atoms with Gasteiger partial charge in [-0.15, -0.1) is 24.2 Å². The summed E-state index contributed by atoms with van der Waals surface area (Å²) in [5.41, 5.74) is 2.09. The van der Waals surface area contributed by atoms with Crippen LogP contribution in [0.15, 0.2) is 27.6 Å². The maximum absolute atomic E-state index is 3.57. The molecule has 21 heavy (non-hydrogen) atoms. The number of rotatable bonds is 3. The molecule has 2 saturated heterocycles. The van der Waals surface area contributed by atoms with Gasteiger partial charge in [-0.2, -0.15) is 0 Å². The average Bonchev–Trinajstić information content (AvgIpc) is 2.84. The van der Waals surface area contributed by atoms with E-state index in [0.29, 0.717) is 5.41 Å². The molecule has 2 aliphatic rings. The van der Waals surface area contributed by atoms with Gasteiger partial charge >= 0.3 is 0 Å². The largest absolute Gasteiger partial charge is 0.317 e. The monoisotopic (exact) mass is 390 g/mol. The lowest BCUT2D eigenvalue weighted by Gasteiger charge is -2.34. The molecule has 0 unspecified atom stereocenters. The van der Waals surface area contributed by atoms with Crippen LogP contribution in [0.4, 0.5) is 0 Å². The summed E-state index contributed by atoms with van der Waals surface area (Å²) in [5.74, 6) is 0. The van der Waals surface area contributed by atoms with Gasteiger partial charge in [0.05, 0.1) is 0 Å². The van der Waals surface area contributed by atoms with Crippen molar-refractivity contribution in [1.29, 1.82) is 0 Å². The first kappa shape index (κ1) is 17.6. The summed E-state index contributed by atoms with van der Waals surface area (Å²) < 4.78 is 1.18. The van der Waals surface area contributed by atoms with E-state index in [1.54, 1.807) is 0 Å². The Morgan fingerprint density at radius 2 is 2.05 bits per heavy atom.